The molecule has 0 unspecified atom stereocenters. The van der Waals surface area contributed by atoms with E-state index in [1.54, 1.807) is 0 Å². The van der Waals surface area contributed by atoms with Crippen LogP contribution in [0.1, 0.15) is 135 Å². The molecule has 0 aromatic heterocycles. The van der Waals surface area contributed by atoms with Gasteiger partial charge in [0.1, 0.15) is 0 Å². The van der Waals surface area contributed by atoms with Crippen LogP contribution in [-0.4, -0.2) is 0 Å². The second-order valence-corrected chi connectivity index (χ2v) is 7.57. The van der Waals surface area contributed by atoms with Crippen LogP contribution in [0.15, 0.2) is 0 Å². The highest BCUT2D eigenvalue weighted by atomic mass is 14.0. The van der Waals surface area contributed by atoms with Crippen LogP contribution in [0.4, 0.5) is 0 Å². The lowest BCUT2D eigenvalue weighted by Crippen LogP contribution is -1.83. The molecule has 25 heavy (non-hydrogen) atoms. The van der Waals surface area contributed by atoms with Gasteiger partial charge in [-0.2, -0.15) is 0 Å². The Bertz CT molecular complexity index is 280. The fourth-order valence-electron chi connectivity index (χ4n) is 3.26. The first-order valence-corrected chi connectivity index (χ1v) is 11.5. The van der Waals surface area contributed by atoms with E-state index in [9.17, 15) is 0 Å². The average molecular weight is 347 g/mol. The second-order valence-electron chi connectivity index (χ2n) is 7.57. The molecule has 0 aliphatic rings. The second kappa shape index (κ2) is 23.6. The predicted molar refractivity (Wildman–Crippen MR) is 115 cm³/mol. The van der Waals surface area contributed by atoms with Crippen LogP contribution >= 0.6 is 0 Å². The smallest absolute Gasteiger partial charge is 0.00886 e. The van der Waals surface area contributed by atoms with Crippen molar-refractivity contribution in [2.24, 2.45) is 0 Å². The molecule has 0 aliphatic heterocycles. The van der Waals surface area contributed by atoms with Crippen LogP contribution < -0.4 is 0 Å². The van der Waals surface area contributed by atoms with Gasteiger partial charge in [0, 0.05) is 12.8 Å². The minimum Gasteiger partial charge on any atom is -0.103 e. The summed E-state index contributed by atoms with van der Waals surface area (Å²) in [7, 11) is 0. The number of rotatable bonds is 19. The first-order valence-electron chi connectivity index (χ1n) is 11.5. The topological polar surface area (TPSA) is 0 Å². The molecule has 2 radical (unpaired) electrons. The van der Waals surface area contributed by atoms with Crippen LogP contribution in [-0.2, 0) is 0 Å². The third-order valence-corrected chi connectivity index (χ3v) is 4.98. The maximum Gasteiger partial charge on any atom is 0.00886 e. The molecular formula is C25H46. The Kier molecular flexibility index (Phi) is 23.1. The molecule has 0 saturated heterocycles. The van der Waals surface area contributed by atoms with Crippen LogP contribution in [0.25, 0.3) is 0 Å². The van der Waals surface area contributed by atoms with E-state index in [1.807, 2.05) is 0 Å². The molecule has 0 nitrogen and oxygen atoms in total. The van der Waals surface area contributed by atoms with E-state index < -0.39 is 0 Å². The SMILES string of the molecule is [CH2]CCCCCCCC#CCCCCCCCCCCCCCC[CH2]. The summed E-state index contributed by atoms with van der Waals surface area (Å²) in [6.45, 7) is 7.78. The zero-order valence-electron chi connectivity index (χ0n) is 17.3. The zero-order valence-corrected chi connectivity index (χ0v) is 17.3. The van der Waals surface area contributed by atoms with Crippen molar-refractivity contribution in [1.29, 1.82) is 0 Å². The Morgan fingerprint density at radius 3 is 0.840 bits per heavy atom. The summed E-state index contributed by atoms with van der Waals surface area (Å²) in [6.07, 6.45) is 28.0. The van der Waals surface area contributed by atoms with Crippen LogP contribution in [0.3, 0.4) is 0 Å². The third kappa shape index (κ3) is 23.6. The Morgan fingerprint density at radius 2 is 0.560 bits per heavy atom. The van der Waals surface area contributed by atoms with Crippen molar-refractivity contribution in [3.05, 3.63) is 13.8 Å². The van der Waals surface area contributed by atoms with Gasteiger partial charge in [-0.3, -0.25) is 0 Å². The molecule has 0 rings (SSSR count). The van der Waals surface area contributed by atoms with Gasteiger partial charge >= 0.3 is 0 Å². The molecule has 0 amide bonds. The third-order valence-electron chi connectivity index (χ3n) is 4.98. The van der Waals surface area contributed by atoms with Crippen molar-refractivity contribution < 1.29 is 0 Å². The Morgan fingerprint density at radius 1 is 0.320 bits per heavy atom. The van der Waals surface area contributed by atoms with Gasteiger partial charge in [0.25, 0.3) is 0 Å². The van der Waals surface area contributed by atoms with E-state index >= 15 is 0 Å². The summed E-state index contributed by atoms with van der Waals surface area (Å²) in [5, 5.41) is 0. The Hall–Kier alpha value is -0.440. The molecule has 0 aromatic carbocycles. The summed E-state index contributed by atoms with van der Waals surface area (Å²) in [4.78, 5) is 0. The van der Waals surface area contributed by atoms with E-state index in [2.05, 4.69) is 25.7 Å². The monoisotopic (exact) mass is 346 g/mol. The fraction of sp³-hybridized carbons (Fsp3) is 0.840. The molecule has 0 bridgehead atoms. The van der Waals surface area contributed by atoms with Crippen LogP contribution in [0.5, 0.6) is 0 Å². The standard InChI is InChI=1S/C25H46/c1-3-5-7-9-11-13-15-17-19-21-23-25-24-22-20-18-16-14-12-10-8-6-4-2/h1-17,19,21-25H2. The van der Waals surface area contributed by atoms with Gasteiger partial charge in [-0.05, 0) is 12.8 Å². The lowest BCUT2D eigenvalue weighted by molar-refractivity contribution is 0.542. The zero-order chi connectivity index (χ0) is 18.3. The highest BCUT2D eigenvalue weighted by Gasteiger charge is 1.93. The van der Waals surface area contributed by atoms with E-state index in [1.165, 1.54) is 109 Å². The Balaban J connectivity index is 3.06. The summed E-state index contributed by atoms with van der Waals surface area (Å²) < 4.78 is 0. The van der Waals surface area contributed by atoms with Gasteiger partial charge in [-0.1, -0.05) is 123 Å². The largest absolute Gasteiger partial charge is 0.103 e. The molecule has 146 valence electrons. The molecule has 0 aromatic rings. The summed E-state index contributed by atoms with van der Waals surface area (Å²) in [5.74, 6) is 6.72. The minimum atomic E-state index is 1.09. The van der Waals surface area contributed by atoms with Gasteiger partial charge in [0.05, 0.1) is 0 Å². The Labute approximate surface area is 160 Å². The van der Waals surface area contributed by atoms with Gasteiger partial charge in [-0.15, -0.1) is 11.8 Å². The molecular weight excluding hydrogens is 300 g/mol. The van der Waals surface area contributed by atoms with E-state index in [4.69, 9.17) is 0 Å². The molecule has 0 N–H and O–H groups in total. The lowest BCUT2D eigenvalue weighted by atomic mass is 10.0. The maximum atomic E-state index is 3.90. The number of hydrogen-bond donors (Lipinski definition) is 0. The molecule has 0 heterocycles. The maximum absolute atomic E-state index is 3.90. The lowest BCUT2D eigenvalue weighted by Gasteiger charge is -2.02. The number of unbranched alkanes of at least 4 members (excludes halogenated alkanes) is 19. The van der Waals surface area contributed by atoms with Gasteiger partial charge in [0.15, 0.2) is 0 Å². The molecule has 0 saturated carbocycles. The van der Waals surface area contributed by atoms with E-state index in [0.29, 0.717) is 0 Å². The summed E-state index contributed by atoms with van der Waals surface area (Å²) in [6, 6.07) is 0. The van der Waals surface area contributed by atoms with E-state index in [0.717, 1.165) is 25.7 Å². The fourth-order valence-corrected chi connectivity index (χ4v) is 3.26. The van der Waals surface area contributed by atoms with Gasteiger partial charge in [-0.25, -0.2) is 0 Å². The van der Waals surface area contributed by atoms with Crippen molar-refractivity contribution in [3.63, 3.8) is 0 Å². The molecule has 0 aliphatic carbocycles. The normalized spacial score (nSPS) is 10.6. The van der Waals surface area contributed by atoms with Crippen molar-refractivity contribution in [1.82, 2.24) is 0 Å². The van der Waals surface area contributed by atoms with Gasteiger partial charge in [0.2, 0.25) is 0 Å². The minimum absolute atomic E-state index is 1.09. The van der Waals surface area contributed by atoms with Gasteiger partial charge < -0.3 is 0 Å². The van der Waals surface area contributed by atoms with Crippen molar-refractivity contribution in [3.8, 4) is 11.8 Å². The quantitative estimate of drug-likeness (QED) is 0.162. The van der Waals surface area contributed by atoms with Crippen molar-refractivity contribution in [2.45, 2.75) is 135 Å². The highest BCUT2D eigenvalue weighted by Crippen LogP contribution is 2.12. The predicted octanol–water partition coefficient (Wildman–Crippen LogP) is 8.85. The molecule has 0 atom stereocenters. The first kappa shape index (κ1) is 24.6. The van der Waals surface area contributed by atoms with Crippen LogP contribution in [0, 0.1) is 25.7 Å². The summed E-state index contributed by atoms with van der Waals surface area (Å²) in [5.41, 5.74) is 0. The molecule has 0 spiro atoms. The first-order chi connectivity index (χ1) is 12.4. The molecule has 0 heteroatoms. The highest BCUT2D eigenvalue weighted by molar-refractivity contribution is 4.98. The average Bonchev–Trinajstić information content (AvgIpc) is 2.63. The summed E-state index contributed by atoms with van der Waals surface area (Å²) >= 11 is 0. The van der Waals surface area contributed by atoms with Crippen molar-refractivity contribution >= 4 is 0 Å². The van der Waals surface area contributed by atoms with E-state index in [-0.39, 0.29) is 0 Å². The van der Waals surface area contributed by atoms with Crippen molar-refractivity contribution in [2.75, 3.05) is 0 Å². The van der Waals surface area contributed by atoms with Crippen LogP contribution in [0.2, 0.25) is 0 Å². The number of hydrogen-bond acceptors (Lipinski definition) is 0. The molecule has 0 fully saturated rings.